The van der Waals surface area contributed by atoms with Gasteiger partial charge in [0.1, 0.15) is 5.60 Å². The molecule has 0 aliphatic heterocycles. The van der Waals surface area contributed by atoms with Crippen molar-refractivity contribution >= 4 is 11.6 Å². The summed E-state index contributed by atoms with van der Waals surface area (Å²) in [6.07, 6.45) is 1.43. The number of hydrogen-bond acceptors (Lipinski definition) is 3. The Hall–Kier alpha value is -3.30. The molecule has 0 spiro atoms. The van der Waals surface area contributed by atoms with Crippen LogP contribution in [0.3, 0.4) is 0 Å². The lowest BCUT2D eigenvalue weighted by molar-refractivity contribution is 0.0486. The number of methoxy groups -OCH3 is 1. The molecule has 0 radical (unpaired) electrons. The zero-order valence-electron chi connectivity index (χ0n) is 15.8. The molecule has 138 valence electrons. The van der Waals surface area contributed by atoms with Crippen molar-refractivity contribution in [2.75, 3.05) is 7.11 Å². The highest BCUT2D eigenvalue weighted by Gasteiger charge is 2.44. The van der Waals surface area contributed by atoms with E-state index in [9.17, 15) is 9.59 Å². The zero-order valence-corrected chi connectivity index (χ0v) is 15.8. The Kier molecular flexibility index (Phi) is 4.54. The summed E-state index contributed by atoms with van der Waals surface area (Å²) in [5, 5.41) is 0. The van der Waals surface area contributed by atoms with Gasteiger partial charge in [-0.15, -0.1) is 0 Å². The maximum atomic E-state index is 13.5. The van der Waals surface area contributed by atoms with E-state index in [1.54, 1.807) is 31.4 Å². The van der Waals surface area contributed by atoms with Crippen LogP contribution in [0.2, 0.25) is 0 Å². The van der Waals surface area contributed by atoms with Crippen molar-refractivity contribution in [2.45, 2.75) is 12.5 Å². The van der Waals surface area contributed by atoms with Gasteiger partial charge in [0.2, 0.25) is 0 Å². The standard InChI is InChI=1S/C25H20O3/c1-17-12-14-19(15-13-17)25(28-2,18-8-4-3-5-9-18)22-16-23(26)20-10-6-7-11-21(20)24(22)27/h3-16H,1-2H3. The smallest absolute Gasteiger partial charge is 0.193 e. The van der Waals surface area contributed by atoms with Crippen molar-refractivity contribution < 1.29 is 14.3 Å². The second-order valence-corrected chi connectivity index (χ2v) is 6.91. The summed E-state index contributed by atoms with van der Waals surface area (Å²) >= 11 is 0. The van der Waals surface area contributed by atoms with Crippen molar-refractivity contribution in [3.63, 3.8) is 0 Å². The largest absolute Gasteiger partial charge is 0.364 e. The fraction of sp³-hybridized carbons (Fsp3) is 0.120. The molecule has 28 heavy (non-hydrogen) atoms. The monoisotopic (exact) mass is 368 g/mol. The highest BCUT2D eigenvalue weighted by atomic mass is 16.5. The number of ketones is 2. The molecule has 0 heterocycles. The first kappa shape index (κ1) is 18.1. The third-order valence-corrected chi connectivity index (χ3v) is 5.28. The molecule has 0 saturated heterocycles. The van der Waals surface area contributed by atoms with Crippen LogP contribution in [0.4, 0.5) is 0 Å². The van der Waals surface area contributed by atoms with Gasteiger partial charge in [0.15, 0.2) is 11.6 Å². The fourth-order valence-corrected chi connectivity index (χ4v) is 3.86. The van der Waals surface area contributed by atoms with E-state index in [-0.39, 0.29) is 11.6 Å². The van der Waals surface area contributed by atoms with Gasteiger partial charge in [-0.1, -0.05) is 84.4 Å². The molecule has 4 rings (SSSR count). The first-order chi connectivity index (χ1) is 13.6. The quantitative estimate of drug-likeness (QED) is 0.658. The SMILES string of the molecule is COC(C1=CC(=O)c2ccccc2C1=O)(c1ccccc1)c1ccc(C)cc1. The summed E-state index contributed by atoms with van der Waals surface area (Å²) < 4.78 is 6.08. The molecule has 0 bridgehead atoms. The summed E-state index contributed by atoms with van der Waals surface area (Å²) in [4.78, 5) is 26.3. The van der Waals surface area contributed by atoms with Gasteiger partial charge < -0.3 is 4.74 Å². The number of hydrogen-bond donors (Lipinski definition) is 0. The third-order valence-electron chi connectivity index (χ3n) is 5.28. The highest BCUT2D eigenvalue weighted by molar-refractivity contribution is 6.25. The average molecular weight is 368 g/mol. The summed E-state index contributed by atoms with van der Waals surface area (Å²) in [6.45, 7) is 2.01. The van der Waals surface area contributed by atoms with Crippen LogP contribution in [-0.4, -0.2) is 18.7 Å². The summed E-state index contributed by atoms with van der Waals surface area (Å²) in [6, 6.07) is 24.3. The second-order valence-electron chi connectivity index (χ2n) is 6.91. The van der Waals surface area contributed by atoms with E-state index in [2.05, 4.69) is 0 Å². The lowest BCUT2D eigenvalue weighted by Gasteiger charge is -2.36. The first-order valence-corrected chi connectivity index (χ1v) is 9.16. The lowest BCUT2D eigenvalue weighted by Crippen LogP contribution is -2.38. The molecule has 0 amide bonds. The Bertz CT molecular complexity index is 1080. The molecule has 3 aromatic carbocycles. The van der Waals surface area contributed by atoms with Gasteiger partial charge in [-0.05, 0) is 24.1 Å². The molecule has 0 aromatic heterocycles. The van der Waals surface area contributed by atoms with Gasteiger partial charge in [-0.25, -0.2) is 0 Å². The van der Waals surface area contributed by atoms with E-state index < -0.39 is 5.60 Å². The molecule has 0 fully saturated rings. The number of aryl methyl sites for hydroxylation is 1. The number of carbonyl (C=O) groups excluding carboxylic acids is 2. The number of fused-ring (bicyclic) bond motifs is 1. The Morgan fingerprint density at radius 2 is 1.29 bits per heavy atom. The number of carbonyl (C=O) groups is 2. The summed E-state index contributed by atoms with van der Waals surface area (Å²) in [5.74, 6) is -0.379. The van der Waals surface area contributed by atoms with Gasteiger partial charge in [0.05, 0.1) is 0 Å². The Balaban J connectivity index is 2.01. The fourth-order valence-electron chi connectivity index (χ4n) is 3.86. The predicted octanol–water partition coefficient (Wildman–Crippen LogP) is 4.89. The van der Waals surface area contributed by atoms with Crippen molar-refractivity contribution in [1.29, 1.82) is 0 Å². The number of allylic oxidation sites excluding steroid dienone is 1. The summed E-state index contributed by atoms with van der Waals surface area (Å²) in [5.41, 5.74) is 2.70. The molecule has 1 aliphatic rings. The molecule has 1 atom stereocenters. The second kappa shape index (κ2) is 7.02. The van der Waals surface area contributed by atoms with E-state index >= 15 is 0 Å². The molecule has 3 aromatic rings. The van der Waals surface area contributed by atoms with Crippen molar-refractivity contribution in [3.8, 4) is 0 Å². The molecule has 1 unspecified atom stereocenters. The minimum Gasteiger partial charge on any atom is -0.364 e. The van der Waals surface area contributed by atoms with Gasteiger partial charge in [-0.3, -0.25) is 9.59 Å². The number of Topliss-reactive ketones (excluding diaryl/α,β-unsaturated/α-hetero) is 1. The maximum absolute atomic E-state index is 13.5. The van der Waals surface area contributed by atoms with Crippen LogP contribution in [0.15, 0.2) is 90.5 Å². The van der Waals surface area contributed by atoms with E-state index in [1.165, 1.54) is 6.08 Å². The topological polar surface area (TPSA) is 43.4 Å². The van der Waals surface area contributed by atoms with Crippen molar-refractivity contribution in [1.82, 2.24) is 0 Å². The molecular weight excluding hydrogens is 348 g/mol. The highest BCUT2D eigenvalue weighted by Crippen LogP contribution is 2.43. The number of benzene rings is 3. The van der Waals surface area contributed by atoms with E-state index in [1.807, 2.05) is 61.5 Å². The Morgan fingerprint density at radius 1 is 0.714 bits per heavy atom. The van der Waals surface area contributed by atoms with E-state index in [0.29, 0.717) is 16.7 Å². The van der Waals surface area contributed by atoms with Crippen LogP contribution in [-0.2, 0) is 10.3 Å². The predicted molar refractivity (Wildman–Crippen MR) is 109 cm³/mol. The number of ether oxygens (including phenoxy) is 1. The van der Waals surface area contributed by atoms with Crippen LogP contribution in [0.25, 0.3) is 0 Å². The minimum absolute atomic E-state index is 0.185. The molecular formula is C25H20O3. The van der Waals surface area contributed by atoms with Gasteiger partial charge >= 0.3 is 0 Å². The molecule has 3 nitrogen and oxygen atoms in total. The van der Waals surface area contributed by atoms with Gasteiger partial charge in [0, 0.05) is 23.8 Å². The lowest BCUT2D eigenvalue weighted by atomic mass is 9.73. The first-order valence-electron chi connectivity index (χ1n) is 9.16. The van der Waals surface area contributed by atoms with Crippen LogP contribution in [0.1, 0.15) is 37.4 Å². The van der Waals surface area contributed by atoms with Crippen molar-refractivity contribution in [2.24, 2.45) is 0 Å². The Morgan fingerprint density at radius 3 is 1.93 bits per heavy atom. The van der Waals surface area contributed by atoms with Gasteiger partial charge in [-0.2, -0.15) is 0 Å². The molecule has 0 saturated carbocycles. The third kappa shape index (κ3) is 2.72. The molecule has 0 N–H and O–H groups in total. The van der Waals surface area contributed by atoms with Crippen LogP contribution < -0.4 is 0 Å². The van der Waals surface area contributed by atoms with E-state index in [4.69, 9.17) is 4.74 Å². The maximum Gasteiger partial charge on any atom is 0.193 e. The normalized spacial score (nSPS) is 15.6. The minimum atomic E-state index is -1.17. The zero-order chi connectivity index (χ0) is 19.7. The van der Waals surface area contributed by atoms with Crippen molar-refractivity contribution in [3.05, 3.63) is 118 Å². The summed E-state index contributed by atoms with van der Waals surface area (Å²) in [7, 11) is 1.58. The van der Waals surface area contributed by atoms with Crippen LogP contribution in [0, 0.1) is 6.92 Å². The molecule has 1 aliphatic carbocycles. The van der Waals surface area contributed by atoms with Crippen LogP contribution >= 0.6 is 0 Å². The van der Waals surface area contributed by atoms with E-state index in [0.717, 1.165) is 16.7 Å². The van der Waals surface area contributed by atoms with Crippen LogP contribution in [0.5, 0.6) is 0 Å². The average Bonchev–Trinajstić information content (AvgIpc) is 2.74. The molecule has 3 heteroatoms. The van der Waals surface area contributed by atoms with Gasteiger partial charge in [0.25, 0.3) is 0 Å². The number of rotatable bonds is 4. The Labute approximate surface area is 164 Å².